The Morgan fingerprint density at radius 2 is 1.92 bits per heavy atom. The Bertz CT molecular complexity index is 135. The average Bonchev–Trinajstić information content (AvgIpc) is 2.36. The molecule has 2 aliphatic rings. The fourth-order valence-corrected chi connectivity index (χ4v) is 2.23. The van der Waals surface area contributed by atoms with Crippen LogP contribution in [0.25, 0.3) is 0 Å². The van der Waals surface area contributed by atoms with Crippen molar-refractivity contribution in [2.24, 2.45) is 5.92 Å². The van der Waals surface area contributed by atoms with E-state index >= 15 is 0 Å². The minimum absolute atomic E-state index is 0.286. The molecule has 2 heteroatoms. The SMILES string of the molecule is CC.CC1COC2(C1)CN(C)C2. The van der Waals surface area contributed by atoms with Crippen molar-refractivity contribution in [3.05, 3.63) is 0 Å². The van der Waals surface area contributed by atoms with Gasteiger partial charge in [-0.1, -0.05) is 20.8 Å². The van der Waals surface area contributed by atoms with E-state index in [1.807, 2.05) is 13.8 Å². The van der Waals surface area contributed by atoms with Crippen LogP contribution in [0.5, 0.6) is 0 Å². The maximum absolute atomic E-state index is 5.72. The number of ether oxygens (including phenoxy) is 1. The van der Waals surface area contributed by atoms with Crippen molar-refractivity contribution in [2.75, 3.05) is 26.7 Å². The predicted molar refractivity (Wildman–Crippen MR) is 51.3 cm³/mol. The first-order valence-electron chi connectivity index (χ1n) is 5.03. The molecule has 0 saturated carbocycles. The summed E-state index contributed by atoms with van der Waals surface area (Å²) < 4.78 is 5.72. The fourth-order valence-electron chi connectivity index (χ4n) is 2.23. The van der Waals surface area contributed by atoms with E-state index in [4.69, 9.17) is 4.74 Å². The Balaban J connectivity index is 0.000000336. The Labute approximate surface area is 75.9 Å². The van der Waals surface area contributed by atoms with E-state index in [0.29, 0.717) is 0 Å². The van der Waals surface area contributed by atoms with Crippen LogP contribution in [0.1, 0.15) is 27.2 Å². The minimum Gasteiger partial charge on any atom is -0.372 e. The minimum atomic E-state index is 0.286. The van der Waals surface area contributed by atoms with Gasteiger partial charge in [0.2, 0.25) is 0 Å². The predicted octanol–water partition coefficient (Wildman–Crippen LogP) is 1.75. The van der Waals surface area contributed by atoms with Gasteiger partial charge < -0.3 is 9.64 Å². The van der Waals surface area contributed by atoms with Gasteiger partial charge in [-0.3, -0.25) is 0 Å². The zero-order valence-corrected chi connectivity index (χ0v) is 8.76. The first-order chi connectivity index (χ1) is 5.70. The van der Waals surface area contributed by atoms with E-state index in [0.717, 1.165) is 25.6 Å². The maximum atomic E-state index is 5.72. The molecule has 0 aromatic rings. The molecule has 0 N–H and O–H groups in total. The fraction of sp³-hybridized carbons (Fsp3) is 1.00. The first-order valence-corrected chi connectivity index (χ1v) is 5.03. The van der Waals surface area contributed by atoms with Crippen LogP contribution in [0.3, 0.4) is 0 Å². The first kappa shape index (κ1) is 10.0. The lowest BCUT2D eigenvalue weighted by Gasteiger charge is -2.45. The Kier molecular flexibility index (Phi) is 3.13. The highest BCUT2D eigenvalue weighted by Gasteiger charge is 2.46. The van der Waals surface area contributed by atoms with Gasteiger partial charge in [0.1, 0.15) is 0 Å². The lowest BCUT2D eigenvalue weighted by molar-refractivity contribution is -0.100. The summed E-state index contributed by atoms with van der Waals surface area (Å²) in [4.78, 5) is 2.32. The van der Waals surface area contributed by atoms with E-state index in [-0.39, 0.29) is 5.60 Å². The van der Waals surface area contributed by atoms with Gasteiger partial charge >= 0.3 is 0 Å². The zero-order chi connectivity index (χ0) is 9.19. The molecule has 12 heavy (non-hydrogen) atoms. The molecule has 72 valence electrons. The molecule has 2 nitrogen and oxygen atoms in total. The highest BCUT2D eigenvalue weighted by Crippen LogP contribution is 2.36. The van der Waals surface area contributed by atoms with E-state index in [2.05, 4.69) is 18.9 Å². The van der Waals surface area contributed by atoms with Crippen LogP contribution in [0.2, 0.25) is 0 Å². The number of likely N-dealkylation sites (N-methyl/N-ethyl adjacent to an activating group) is 1. The maximum Gasteiger partial charge on any atom is 0.0938 e. The quantitative estimate of drug-likeness (QED) is 0.550. The van der Waals surface area contributed by atoms with Crippen LogP contribution in [0, 0.1) is 5.92 Å². The molecule has 2 rings (SSSR count). The lowest BCUT2D eigenvalue weighted by atomic mass is 9.88. The number of nitrogens with zero attached hydrogens (tertiary/aromatic N) is 1. The van der Waals surface area contributed by atoms with Crippen molar-refractivity contribution in [1.29, 1.82) is 0 Å². The highest BCUT2D eigenvalue weighted by molar-refractivity contribution is 4.99. The van der Waals surface area contributed by atoms with E-state index in [9.17, 15) is 0 Å². The largest absolute Gasteiger partial charge is 0.372 e. The molecule has 2 saturated heterocycles. The smallest absolute Gasteiger partial charge is 0.0938 e. The van der Waals surface area contributed by atoms with E-state index in [1.54, 1.807) is 0 Å². The summed E-state index contributed by atoms with van der Waals surface area (Å²) in [6.45, 7) is 9.55. The second kappa shape index (κ2) is 3.75. The molecule has 0 aromatic carbocycles. The molecule has 1 atom stereocenters. The molecule has 1 spiro atoms. The third-order valence-corrected chi connectivity index (χ3v) is 2.51. The third-order valence-electron chi connectivity index (χ3n) is 2.51. The average molecular weight is 171 g/mol. The van der Waals surface area contributed by atoms with Gasteiger partial charge in [0.25, 0.3) is 0 Å². The van der Waals surface area contributed by atoms with Crippen molar-refractivity contribution in [1.82, 2.24) is 4.90 Å². The van der Waals surface area contributed by atoms with Gasteiger partial charge in [-0.2, -0.15) is 0 Å². The molecular weight excluding hydrogens is 150 g/mol. The Hall–Kier alpha value is -0.0800. The number of hydrogen-bond acceptors (Lipinski definition) is 2. The molecule has 0 aliphatic carbocycles. The van der Waals surface area contributed by atoms with Gasteiger partial charge in [0.05, 0.1) is 12.2 Å². The summed E-state index contributed by atoms with van der Waals surface area (Å²) in [5.74, 6) is 0.786. The van der Waals surface area contributed by atoms with Crippen molar-refractivity contribution in [2.45, 2.75) is 32.8 Å². The number of hydrogen-bond donors (Lipinski definition) is 0. The van der Waals surface area contributed by atoms with Gasteiger partial charge in [0, 0.05) is 13.1 Å². The molecule has 0 aromatic heterocycles. The lowest BCUT2D eigenvalue weighted by Crippen LogP contribution is -2.59. The summed E-state index contributed by atoms with van der Waals surface area (Å²) in [5.41, 5.74) is 0.286. The molecule has 1 unspecified atom stereocenters. The van der Waals surface area contributed by atoms with Gasteiger partial charge in [-0.05, 0) is 19.4 Å². The Morgan fingerprint density at radius 1 is 1.33 bits per heavy atom. The molecule has 2 aliphatic heterocycles. The van der Waals surface area contributed by atoms with Crippen molar-refractivity contribution in [3.8, 4) is 0 Å². The summed E-state index contributed by atoms with van der Waals surface area (Å²) in [7, 11) is 2.15. The van der Waals surface area contributed by atoms with E-state index < -0.39 is 0 Å². The normalized spacial score (nSPS) is 32.5. The van der Waals surface area contributed by atoms with Gasteiger partial charge in [0.15, 0.2) is 0 Å². The van der Waals surface area contributed by atoms with Crippen molar-refractivity contribution >= 4 is 0 Å². The van der Waals surface area contributed by atoms with Crippen LogP contribution >= 0.6 is 0 Å². The van der Waals surface area contributed by atoms with E-state index in [1.165, 1.54) is 6.42 Å². The standard InChI is InChI=1S/C8H15NO.C2H6/c1-7-3-8(10-4-7)5-9(2)6-8;1-2/h7H,3-6H2,1-2H3;1-2H3. The Morgan fingerprint density at radius 3 is 2.25 bits per heavy atom. The molecule has 0 radical (unpaired) electrons. The summed E-state index contributed by atoms with van der Waals surface area (Å²) in [6, 6.07) is 0. The summed E-state index contributed by atoms with van der Waals surface area (Å²) in [6.07, 6.45) is 1.28. The van der Waals surface area contributed by atoms with Crippen LogP contribution in [-0.2, 0) is 4.74 Å². The molecule has 2 heterocycles. The zero-order valence-electron chi connectivity index (χ0n) is 8.76. The molecular formula is C10H21NO. The van der Waals surface area contributed by atoms with Crippen molar-refractivity contribution in [3.63, 3.8) is 0 Å². The van der Waals surface area contributed by atoms with Crippen LogP contribution in [0.4, 0.5) is 0 Å². The monoisotopic (exact) mass is 171 g/mol. The third kappa shape index (κ3) is 1.80. The molecule has 0 amide bonds. The van der Waals surface area contributed by atoms with Gasteiger partial charge in [-0.15, -0.1) is 0 Å². The number of rotatable bonds is 0. The van der Waals surface area contributed by atoms with Crippen LogP contribution in [-0.4, -0.2) is 37.2 Å². The molecule has 0 bridgehead atoms. The highest BCUT2D eigenvalue weighted by atomic mass is 16.5. The topological polar surface area (TPSA) is 12.5 Å². The van der Waals surface area contributed by atoms with Crippen LogP contribution < -0.4 is 0 Å². The summed E-state index contributed by atoms with van der Waals surface area (Å²) in [5, 5.41) is 0. The van der Waals surface area contributed by atoms with Crippen LogP contribution in [0.15, 0.2) is 0 Å². The van der Waals surface area contributed by atoms with Crippen molar-refractivity contribution < 1.29 is 4.74 Å². The molecule has 2 fully saturated rings. The second-order valence-electron chi connectivity index (χ2n) is 3.98. The number of likely N-dealkylation sites (tertiary alicyclic amines) is 1. The second-order valence-corrected chi connectivity index (χ2v) is 3.98. The summed E-state index contributed by atoms with van der Waals surface area (Å²) >= 11 is 0. The van der Waals surface area contributed by atoms with Gasteiger partial charge in [-0.25, -0.2) is 0 Å².